The number of carbonyl (C=O) groups excluding carboxylic acids is 1. The van der Waals surface area contributed by atoms with Gasteiger partial charge >= 0.3 is 6.03 Å². The van der Waals surface area contributed by atoms with Gasteiger partial charge in [0.2, 0.25) is 0 Å². The van der Waals surface area contributed by atoms with E-state index in [2.05, 4.69) is 31.9 Å². The summed E-state index contributed by atoms with van der Waals surface area (Å²) in [5.74, 6) is 0. The molecule has 6 N–H and O–H groups in total. The van der Waals surface area contributed by atoms with Crippen LogP contribution in [0, 0.1) is 0 Å². The number of anilines is 3. The third-order valence-corrected chi connectivity index (χ3v) is 3.97. The van der Waals surface area contributed by atoms with Crippen molar-refractivity contribution < 1.29 is 9.90 Å². The summed E-state index contributed by atoms with van der Waals surface area (Å²) < 4.78 is 0.818. The molecule has 128 valence electrons. The van der Waals surface area contributed by atoms with Crippen LogP contribution in [-0.4, -0.2) is 24.2 Å². The van der Waals surface area contributed by atoms with E-state index in [4.69, 9.17) is 17.3 Å². The van der Waals surface area contributed by atoms with Gasteiger partial charge in [0.1, 0.15) is 0 Å². The van der Waals surface area contributed by atoms with Crippen LogP contribution in [0.25, 0.3) is 0 Å². The summed E-state index contributed by atoms with van der Waals surface area (Å²) in [7, 11) is 0. The SMILES string of the molecule is NCCNc1cc(Br)cc(NC(=O)Nc2cccc(Cl)c2CO)c1. The lowest BCUT2D eigenvalue weighted by molar-refractivity contribution is 0.262. The zero-order valence-corrected chi connectivity index (χ0v) is 15.1. The Morgan fingerprint density at radius 2 is 1.96 bits per heavy atom. The van der Waals surface area contributed by atoms with Crippen molar-refractivity contribution in [1.82, 2.24) is 0 Å². The van der Waals surface area contributed by atoms with Crippen LogP contribution in [-0.2, 0) is 6.61 Å². The molecule has 2 rings (SSSR count). The number of amides is 2. The fourth-order valence-electron chi connectivity index (χ4n) is 2.10. The molecule has 2 aromatic rings. The first-order valence-electron chi connectivity index (χ1n) is 7.24. The molecule has 0 aliphatic heterocycles. The highest BCUT2D eigenvalue weighted by Gasteiger charge is 2.10. The minimum atomic E-state index is -0.435. The summed E-state index contributed by atoms with van der Waals surface area (Å²) in [6, 6.07) is 10.1. The van der Waals surface area contributed by atoms with Crippen molar-refractivity contribution in [2.45, 2.75) is 6.61 Å². The maximum Gasteiger partial charge on any atom is 0.323 e. The number of urea groups is 1. The second-order valence-electron chi connectivity index (χ2n) is 4.95. The van der Waals surface area contributed by atoms with Crippen LogP contribution in [0.15, 0.2) is 40.9 Å². The molecule has 0 fully saturated rings. The van der Waals surface area contributed by atoms with Gasteiger partial charge in [0.05, 0.1) is 6.61 Å². The Hall–Kier alpha value is -1.80. The van der Waals surface area contributed by atoms with Crippen molar-refractivity contribution in [1.29, 1.82) is 0 Å². The molecule has 0 saturated carbocycles. The van der Waals surface area contributed by atoms with Gasteiger partial charge in [0.25, 0.3) is 0 Å². The van der Waals surface area contributed by atoms with E-state index in [1.165, 1.54) is 0 Å². The van der Waals surface area contributed by atoms with E-state index in [1.54, 1.807) is 30.3 Å². The molecule has 0 atom stereocenters. The number of nitrogens with two attached hydrogens (primary N) is 1. The smallest absolute Gasteiger partial charge is 0.323 e. The van der Waals surface area contributed by atoms with Crippen LogP contribution in [0.3, 0.4) is 0 Å². The van der Waals surface area contributed by atoms with E-state index in [9.17, 15) is 9.90 Å². The summed E-state index contributed by atoms with van der Waals surface area (Å²) in [5.41, 5.74) is 7.84. The molecule has 0 aliphatic rings. The lowest BCUT2D eigenvalue weighted by Crippen LogP contribution is -2.20. The molecule has 0 aliphatic carbocycles. The number of aliphatic hydroxyl groups excluding tert-OH is 1. The molecule has 0 radical (unpaired) electrons. The molecule has 2 amide bonds. The van der Waals surface area contributed by atoms with Gasteiger partial charge in [-0.3, -0.25) is 0 Å². The molecule has 6 nitrogen and oxygen atoms in total. The Balaban J connectivity index is 2.10. The summed E-state index contributed by atoms with van der Waals surface area (Å²) in [4.78, 5) is 12.2. The van der Waals surface area contributed by atoms with Crippen molar-refractivity contribution in [3.05, 3.63) is 51.5 Å². The maximum absolute atomic E-state index is 12.2. The van der Waals surface area contributed by atoms with Gasteiger partial charge in [-0.2, -0.15) is 0 Å². The van der Waals surface area contributed by atoms with Crippen LogP contribution in [0.2, 0.25) is 5.02 Å². The van der Waals surface area contributed by atoms with E-state index in [-0.39, 0.29) is 6.61 Å². The van der Waals surface area contributed by atoms with E-state index in [1.807, 2.05) is 6.07 Å². The van der Waals surface area contributed by atoms with Crippen molar-refractivity contribution >= 4 is 50.6 Å². The highest BCUT2D eigenvalue weighted by atomic mass is 79.9. The topological polar surface area (TPSA) is 99.4 Å². The molecule has 24 heavy (non-hydrogen) atoms. The van der Waals surface area contributed by atoms with Crippen LogP contribution in [0.5, 0.6) is 0 Å². The second kappa shape index (κ2) is 8.89. The second-order valence-corrected chi connectivity index (χ2v) is 6.27. The minimum absolute atomic E-state index is 0.265. The number of nitrogens with one attached hydrogen (secondary N) is 3. The minimum Gasteiger partial charge on any atom is -0.392 e. The molecule has 0 heterocycles. The van der Waals surface area contributed by atoms with Crippen molar-refractivity contribution in [3.63, 3.8) is 0 Å². The van der Waals surface area contributed by atoms with E-state index < -0.39 is 6.03 Å². The molecule has 8 heteroatoms. The summed E-state index contributed by atoms with van der Waals surface area (Å²) in [5, 5.41) is 18.3. The van der Waals surface area contributed by atoms with Gasteiger partial charge in [-0.25, -0.2) is 4.79 Å². The van der Waals surface area contributed by atoms with Gasteiger partial charge in [-0.05, 0) is 30.3 Å². The molecule has 0 spiro atoms. The quantitative estimate of drug-likeness (QED) is 0.499. The average molecular weight is 414 g/mol. The summed E-state index contributed by atoms with van der Waals surface area (Å²) in [6.07, 6.45) is 0. The van der Waals surface area contributed by atoms with Crippen LogP contribution in [0.4, 0.5) is 21.9 Å². The fraction of sp³-hybridized carbons (Fsp3) is 0.188. The summed E-state index contributed by atoms with van der Waals surface area (Å²) >= 11 is 9.41. The van der Waals surface area contributed by atoms with E-state index >= 15 is 0 Å². The van der Waals surface area contributed by atoms with Crippen molar-refractivity contribution in [2.75, 3.05) is 29.0 Å². The Bertz CT molecular complexity index is 727. The lowest BCUT2D eigenvalue weighted by Gasteiger charge is -2.13. The number of halogens is 2. The predicted octanol–water partition coefficient (Wildman–Crippen LogP) is 3.61. The Labute approximate surface area is 153 Å². The number of aliphatic hydroxyl groups is 1. The zero-order valence-electron chi connectivity index (χ0n) is 12.8. The monoisotopic (exact) mass is 412 g/mol. The number of benzene rings is 2. The molecular weight excluding hydrogens is 396 g/mol. The van der Waals surface area contributed by atoms with Crippen molar-refractivity contribution in [2.24, 2.45) is 5.73 Å². The van der Waals surface area contributed by atoms with Crippen LogP contribution < -0.4 is 21.7 Å². The van der Waals surface area contributed by atoms with Gasteiger partial charge in [0, 0.05) is 45.2 Å². The first-order chi connectivity index (χ1) is 11.5. The first-order valence-corrected chi connectivity index (χ1v) is 8.41. The maximum atomic E-state index is 12.2. The largest absolute Gasteiger partial charge is 0.392 e. The number of hydrogen-bond acceptors (Lipinski definition) is 4. The van der Waals surface area contributed by atoms with E-state index in [0.29, 0.717) is 35.1 Å². The Morgan fingerprint density at radius 3 is 2.67 bits per heavy atom. The predicted molar refractivity (Wildman–Crippen MR) is 102 cm³/mol. The number of hydrogen-bond donors (Lipinski definition) is 5. The fourth-order valence-corrected chi connectivity index (χ4v) is 2.83. The molecule has 0 aromatic heterocycles. The number of carbonyl (C=O) groups is 1. The molecule has 2 aromatic carbocycles. The molecule has 0 saturated heterocycles. The zero-order chi connectivity index (χ0) is 17.5. The molecular formula is C16H18BrClN4O2. The lowest BCUT2D eigenvalue weighted by atomic mass is 10.2. The normalized spacial score (nSPS) is 10.3. The molecule has 0 unspecified atom stereocenters. The molecule has 0 bridgehead atoms. The Kier molecular flexibility index (Phi) is 6.86. The van der Waals surface area contributed by atoms with Crippen molar-refractivity contribution in [3.8, 4) is 0 Å². The third kappa shape index (κ3) is 5.10. The van der Waals surface area contributed by atoms with Gasteiger partial charge in [-0.1, -0.05) is 33.6 Å². The Morgan fingerprint density at radius 1 is 1.21 bits per heavy atom. The van der Waals surface area contributed by atoms with Gasteiger partial charge in [0.15, 0.2) is 0 Å². The highest BCUT2D eigenvalue weighted by molar-refractivity contribution is 9.10. The standard InChI is InChI=1S/C16H18BrClN4O2/c17-10-6-11(20-5-4-19)8-12(7-10)21-16(24)22-15-3-1-2-14(18)13(15)9-23/h1-3,6-8,20,23H,4-5,9,19H2,(H2,21,22,24). The highest BCUT2D eigenvalue weighted by Crippen LogP contribution is 2.26. The van der Waals surface area contributed by atoms with E-state index in [0.717, 1.165) is 10.2 Å². The number of rotatable bonds is 6. The third-order valence-electron chi connectivity index (χ3n) is 3.15. The first kappa shape index (κ1) is 18.5. The summed E-state index contributed by atoms with van der Waals surface area (Å²) in [6.45, 7) is 0.873. The van der Waals surface area contributed by atoms with Gasteiger partial charge < -0.3 is 26.8 Å². The van der Waals surface area contributed by atoms with Gasteiger partial charge in [-0.15, -0.1) is 0 Å². The van der Waals surface area contributed by atoms with Crippen LogP contribution in [0.1, 0.15) is 5.56 Å². The van der Waals surface area contributed by atoms with Crippen LogP contribution >= 0.6 is 27.5 Å². The average Bonchev–Trinajstić information content (AvgIpc) is 2.52.